The van der Waals surface area contributed by atoms with Crippen molar-refractivity contribution in [3.8, 4) is 5.75 Å². The maximum absolute atomic E-state index is 12.1. The monoisotopic (exact) mass is 313 g/mol. The predicted molar refractivity (Wildman–Crippen MR) is 72.8 cm³/mol. The summed E-state index contributed by atoms with van der Waals surface area (Å²) in [6.07, 6.45) is 2.79. The molecule has 21 heavy (non-hydrogen) atoms. The van der Waals surface area contributed by atoms with E-state index >= 15 is 0 Å². The number of carbonyl (C=O) groups is 1. The van der Waals surface area contributed by atoms with Crippen LogP contribution in [0.4, 0.5) is 14.5 Å². The van der Waals surface area contributed by atoms with E-state index in [1.54, 1.807) is 6.92 Å². The quantitative estimate of drug-likeness (QED) is 0.940. The molecule has 1 heterocycles. The van der Waals surface area contributed by atoms with E-state index in [9.17, 15) is 13.6 Å². The smallest absolute Gasteiger partial charge is 0.387 e. The van der Waals surface area contributed by atoms with E-state index in [2.05, 4.69) is 20.0 Å². The highest BCUT2D eigenvalue weighted by molar-refractivity contribution is 6.32. The summed E-state index contributed by atoms with van der Waals surface area (Å²) >= 11 is 5.79. The van der Waals surface area contributed by atoms with Crippen molar-refractivity contribution in [2.75, 3.05) is 5.32 Å². The zero-order valence-electron chi connectivity index (χ0n) is 10.8. The molecule has 5 nitrogen and oxygen atoms in total. The molecule has 0 unspecified atom stereocenters. The van der Waals surface area contributed by atoms with Gasteiger partial charge in [0.15, 0.2) is 0 Å². The number of anilines is 1. The van der Waals surface area contributed by atoms with Gasteiger partial charge in [-0.3, -0.25) is 9.78 Å². The van der Waals surface area contributed by atoms with Crippen LogP contribution in [0, 0.1) is 6.92 Å². The van der Waals surface area contributed by atoms with Gasteiger partial charge < -0.3 is 10.1 Å². The van der Waals surface area contributed by atoms with E-state index in [1.807, 2.05) is 0 Å². The molecule has 110 valence electrons. The van der Waals surface area contributed by atoms with Gasteiger partial charge >= 0.3 is 6.61 Å². The van der Waals surface area contributed by atoms with Gasteiger partial charge in [-0.25, -0.2) is 4.98 Å². The van der Waals surface area contributed by atoms with Gasteiger partial charge in [-0.2, -0.15) is 8.78 Å². The summed E-state index contributed by atoms with van der Waals surface area (Å²) < 4.78 is 28.4. The Morgan fingerprint density at radius 3 is 2.67 bits per heavy atom. The van der Waals surface area contributed by atoms with E-state index in [1.165, 1.54) is 30.6 Å². The lowest BCUT2D eigenvalue weighted by molar-refractivity contribution is -0.0497. The lowest BCUT2D eigenvalue weighted by Gasteiger charge is -2.09. The fourth-order valence-corrected chi connectivity index (χ4v) is 1.70. The van der Waals surface area contributed by atoms with E-state index < -0.39 is 12.5 Å². The highest BCUT2D eigenvalue weighted by atomic mass is 35.5. The van der Waals surface area contributed by atoms with Gasteiger partial charge in [0.25, 0.3) is 5.91 Å². The standard InChI is InChI=1S/C13H10ClF2N3O2/c1-7-5-18-10(6-17-7)12(20)19-8-2-3-11(9(14)4-8)21-13(15)16/h2-6,13H,1H3,(H,19,20). The van der Waals surface area contributed by atoms with E-state index in [0.29, 0.717) is 11.4 Å². The highest BCUT2D eigenvalue weighted by Crippen LogP contribution is 2.29. The Morgan fingerprint density at radius 2 is 2.10 bits per heavy atom. The summed E-state index contributed by atoms with van der Waals surface area (Å²) in [7, 11) is 0. The largest absolute Gasteiger partial charge is 0.433 e. The summed E-state index contributed by atoms with van der Waals surface area (Å²) in [6.45, 7) is -1.22. The van der Waals surface area contributed by atoms with E-state index in [0.717, 1.165) is 0 Å². The van der Waals surface area contributed by atoms with Gasteiger partial charge in [0, 0.05) is 11.9 Å². The minimum Gasteiger partial charge on any atom is -0.433 e. The van der Waals surface area contributed by atoms with Crippen LogP contribution in [0.2, 0.25) is 5.02 Å². The molecular weight excluding hydrogens is 304 g/mol. The van der Waals surface area contributed by atoms with Crippen LogP contribution >= 0.6 is 11.6 Å². The zero-order valence-corrected chi connectivity index (χ0v) is 11.6. The van der Waals surface area contributed by atoms with Gasteiger partial charge in [0.2, 0.25) is 0 Å². The molecule has 0 spiro atoms. The fraction of sp³-hybridized carbons (Fsp3) is 0.154. The van der Waals surface area contributed by atoms with Gasteiger partial charge in [0.1, 0.15) is 11.4 Å². The number of aryl methyl sites for hydroxylation is 1. The van der Waals surface area contributed by atoms with Crippen molar-refractivity contribution in [2.24, 2.45) is 0 Å². The Hall–Kier alpha value is -2.28. The van der Waals surface area contributed by atoms with E-state index in [4.69, 9.17) is 11.6 Å². The van der Waals surface area contributed by atoms with Crippen molar-refractivity contribution >= 4 is 23.2 Å². The number of aromatic nitrogens is 2. The fourth-order valence-electron chi connectivity index (χ4n) is 1.48. The third-order valence-electron chi connectivity index (χ3n) is 2.42. The summed E-state index contributed by atoms with van der Waals surface area (Å²) in [5, 5.41) is 2.49. The minimum absolute atomic E-state index is 0.0388. The van der Waals surface area contributed by atoms with E-state index in [-0.39, 0.29) is 16.5 Å². The van der Waals surface area contributed by atoms with Gasteiger partial charge in [-0.15, -0.1) is 0 Å². The summed E-state index contributed by atoms with van der Waals surface area (Å²) in [4.78, 5) is 19.8. The average Bonchev–Trinajstić information content (AvgIpc) is 2.42. The molecular formula is C13H10ClF2N3O2. The molecule has 2 rings (SSSR count). The van der Waals surface area contributed by atoms with Crippen LogP contribution in [0.3, 0.4) is 0 Å². The predicted octanol–water partition coefficient (Wildman–Crippen LogP) is 3.29. The number of halogens is 3. The topological polar surface area (TPSA) is 64.1 Å². The second-order valence-corrected chi connectivity index (χ2v) is 4.43. The number of hydrogen-bond acceptors (Lipinski definition) is 4. The van der Waals surface area contributed by atoms with Crippen molar-refractivity contribution in [3.63, 3.8) is 0 Å². The summed E-state index contributed by atoms with van der Waals surface area (Å²) in [5.74, 6) is -0.652. The molecule has 2 aromatic rings. The van der Waals surface area contributed by atoms with Crippen LogP contribution in [0.15, 0.2) is 30.6 Å². The molecule has 1 N–H and O–H groups in total. The second kappa shape index (κ2) is 6.45. The maximum atomic E-state index is 12.1. The number of carbonyl (C=O) groups excluding carboxylic acids is 1. The molecule has 1 amide bonds. The molecule has 0 saturated heterocycles. The number of hydrogen-bond donors (Lipinski definition) is 1. The molecule has 0 aliphatic carbocycles. The first-order valence-electron chi connectivity index (χ1n) is 5.80. The van der Waals surface area contributed by atoms with Crippen LogP contribution in [0.1, 0.15) is 16.2 Å². The van der Waals surface area contributed by atoms with Crippen LogP contribution in [0.5, 0.6) is 5.75 Å². The number of alkyl halides is 2. The van der Waals surface area contributed by atoms with Gasteiger partial charge in [0.05, 0.1) is 16.9 Å². The highest BCUT2D eigenvalue weighted by Gasteiger charge is 2.12. The molecule has 0 aliphatic rings. The minimum atomic E-state index is -2.97. The molecule has 0 bridgehead atoms. The van der Waals surface area contributed by atoms with Crippen LogP contribution < -0.4 is 10.1 Å². The molecule has 0 saturated carbocycles. The SMILES string of the molecule is Cc1cnc(C(=O)Nc2ccc(OC(F)F)c(Cl)c2)cn1. The number of amides is 1. The maximum Gasteiger partial charge on any atom is 0.387 e. The first-order chi connectivity index (χ1) is 9.95. The number of benzene rings is 1. The first kappa shape index (κ1) is 15.1. The molecule has 1 aromatic heterocycles. The third-order valence-corrected chi connectivity index (χ3v) is 2.71. The Balaban J connectivity index is 2.11. The number of nitrogens with zero attached hydrogens (tertiary/aromatic N) is 2. The van der Waals surface area contributed by atoms with Crippen LogP contribution in [-0.2, 0) is 0 Å². The molecule has 0 atom stereocenters. The molecule has 0 fully saturated rings. The Bertz CT molecular complexity index is 650. The molecule has 0 radical (unpaired) electrons. The van der Waals surface area contributed by atoms with Crippen LogP contribution in [0.25, 0.3) is 0 Å². The Morgan fingerprint density at radius 1 is 1.33 bits per heavy atom. The van der Waals surface area contributed by atoms with Gasteiger partial charge in [-0.1, -0.05) is 11.6 Å². The zero-order chi connectivity index (χ0) is 15.4. The molecule has 0 aliphatic heterocycles. The van der Waals surface area contributed by atoms with Crippen molar-refractivity contribution in [3.05, 3.63) is 47.0 Å². The molecule has 8 heteroatoms. The number of nitrogens with one attached hydrogen (secondary N) is 1. The van der Waals surface area contributed by atoms with Gasteiger partial charge in [-0.05, 0) is 25.1 Å². The third kappa shape index (κ3) is 4.09. The lowest BCUT2D eigenvalue weighted by atomic mass is 10.3. The second-order valence-electron chi connectivity index (χ2n) is 4.02. The summed E-state index contributed by atoms with van der Waals surface area (Å²) in [5.41, 5.74) is 1.14. The Labute approximate surface area is 123 Å². The molecule has 1 aromatic carbocycles. The average molecular weight is 314 g/mol. The number of rotatable bonds is 4. The number of ether oxygens (including phenoxy) is 1. The lowest BCUT2D eigenvalue weighted by Crippen LogP contribution is -2.14. The normalized spacial score (nSPS) is 10.5. The van der Waals surface area contributed by atoms with Crippen LogP contribution in [-0.4, -0.2) is 22.5 Å². The van der Waals surface area contributed by atoms with Crippen molar-refractivity contribution < 1.29 is 18.3 Å². The van der Waals surface area contributed by atoms with Crippen molar-refractivity contribution in [1.29, 1.82) is 0 Å². The summed E-state index contributed by atoms with van der Waals surface area (Å²) in [6, 6.07) is 3.94. The Kier molecular flexibility index (Phi) is 4.64. The first-order valence-corrected chi connectivity index (χ1v) is 6.18. The van der Waals surface area contributed by atoms with Crippen molar-refractivity contribution in [2.45, 2.75) is 13.5 Å². The van der Waals surface area contributed by atoms with Crippen molar-refractivity contribution in [1.82, 2.24) is 9.97 Å².